The largest absolute Gasteiger partial charge is 0.497 e. The molecule has 0 spiro atoms. The normalized spacial score (nSPS) is 15.9. The highest BCUT2D eigenvalue weighted by Gasteiger charge is 2.35. The smallest absolute Gasteiger partial charge is 0.224 e. The molecule has 1 saturated heterocycles. The molecular weight excluding hydrogens is 371 g/mol. The predicted molar refractivity (Wildman–Crippen MR) is 97.8 cm³/mol. The minimum Gasteiger partial charge on any atom is -0.497 e. The molecule has 1 fully saturated rings. The van der Waals surface area contributed by atoms with Crippen LogP contribution in [0.4, 0.5) is 13.2 Å². The summed E-state index contributed by atoms with van der Waals surface area (Å²) in [6, 6.07) is 8.83. The highest BCUT2D eigenvalue weighted by atomic mass is 19.2. The van der Waals surface area contributed by atoms with Crippen molar-refractivity contribution in [3.63, 3.8) is 0 Å². The topological polar surface area (TPSA) is 47.6 Å². The third-order valence-corrected chi connectivity index (χ3v) is 5.22. The molecule has 7 heteroatoms. The molecular formula is C21H22F3NO3. The number of methoxy groups -OCH3 is 1. The standard InChI is InChI=1S/C21H22F3NO3/c1-27-16-4-2-15(3-5-16)21(6-8-28-9-7-21)13-25-20(26)11-14-10-18(23)19(24)12-17(14)22/h2-5,10,12H,6-9,11,13H2,1H3,(H,25,26). The van der Waals surface area contributed by atoms with Crippen molar-refractivity contribution in [2.75, 3.05) is 26.9 Å². The van der Waals surface area contributed by atoms with Gasteiger partial charge in [-0.1, -0.05) is 12.1 Å². The number of carbonyl (C=O) groups is 1. The molecule has 1 heterocycles. The average Bonchev–Trinajstić information content (AvgIpc) is 2.71. The van der Waals surface area contributed by atoms with Crippen LogP contribution in [0.3, 0.4) is 0 Å². The Morgan fingerprint density at radius 2 is 1.71 bits per heavy atom. The Balaban J connectivity index is 1.71. The van der Waals surface area contributed by atoms with Crippen LogP contribution in [-0.2, 0) is 21.4 Å². The minimum atomic E-state index is -1.28. The van der Waals surface area contributed by atoms with Crippen molar-refractivity contribution in [1.29, 1.82) is 0 Å². The van der Waals surface area contributed by atoms with Gasteiger partial charge in [-0.05, 0) is 36.6 Å². The van der Waals surface area contributed by atoms with E-state index in [1.807, 2.05) is 24.3 Å². The lowest BCUT2D eigenvalue weighted by atomic mass is 9.74. The highest BCUT2D eigenvalue weighted by molar-refractivity contribution is 5.78. The maximum absolute atomic E-state index is 13.8. The van der Waals surface area contributed by atoms with Crippen molar-refractivity contribution >= 4 is 5.91 Å². The lowest BCUT2D eigenvalue weighted by molar-refractivity contribution is -0.121. The molecule has 2 aromatic carbocycles. The summed E-state index contributed by atoms with van der Waals surface area (Å²) in [6.45, 7) is 1.48. The Morgan fingerprint density at radius 1 is 1.07 bits per heavy atom. The van der Waals surface area contributed by atoms with Crippen molar-refractivity contribution in [2.45, 2.75) is 24.7 Å². The van der Waals surface area contributed by atoms with Crippen LogP contribution >= 0.6 is 0 Å². The van der Waals surface area contributed by atoms with Gasteiger partial charge in [-0.3, -0.25) is 4.79 Å². The van der Waals surface area contributed by atoms with Crippen LogP contribution in [0.15, 0.2) is 36.4 Å². The quantitative estimate of drug-likeness (QED) is 0.764. The first-order valence-corrected chi connectivity index (χ1v) is 9.06. The summed E-state index contributed by atoms with van der Waals surface area (Å²) in [4.78, 5) is 12.3. The minimum absolute atomic E-state index is 0.179. The number of hydrogen-bond acceptors (Lipinski definition) is 3. The molecule has 1 aliphatic heterocycles. The van der Waals surface area contributed by atoms with Gasteiger partial charge in [-0.25, -0.2) is 13.2 Å². The lowest BCUT2D eigenvalue weighted by Gasteiger charge is -2.38. The molecule has 3 rings (SSSR count). The van der Waals surface area contributed by atoms with E-state index in [-0.39, 0.29) is 17.4 Å². The van der Waals surface area contributed by atoms with Crippen LogP contribution in [0.1, 0.15) is 24.0 Å². The van der Waals surface area contributed by atoms with Crippen molar-refractivity contribution in [1.82, 2.24) is 5.32 Å². The van der Waals surface area contributed by atoms with Crippen LogP contribution in [0, 0.1) is 17.5 Å². The second-order valence-electron chi connectivity index (χ2n) is 6.93. The SMILES string of the molecule is COc1ccc(C2(CNC(=O)Cc3cc(F)c(F)cc3F)CCOCC2)cc1. The van der Waals surface area contributed by atoms with Crippen LogP contribution < -0.4 is 10.1 Å². The monoisotopic (exact) mass is 393 g/mol. The van der Waals surface area contributed by atoms with Gasteiger partial charge in [0.05, 0.1) is 13.5 Å². The molecule has 4 nitrogen and oxygen atoms in total. The van der Waals surface area contributed by atoms with E-state index >= 15 is 0 Å². The molecule has 2 aromatic rings. The Labute approximate surface area is 161 Å². The zero-order valence-corrected chi connectivity index (χ0v) is 15.6. The van der Waals surface area contributed by atoms with E-state index in [1.54, 1.807) is 7.11 Å². The second kappa shape index (κ2) is 8.65. The van der Waals surface area contributed by atoms with Crippen molar-refractivity contribution in [3.8, 4) is 5.75 Å². The molecule has 1 aliphatic rings. The summed E-state index contributed by atoms with van der Waals surface area (Å²) in [7, 11) is 1.59. The molecule has 0 unspecified atom stereocenters. The zero-order chi connectivity index (χ0) is 20.1. The number of amides is 1. The van der Waals surface area contributed by atoms with E-state index in [4.69, 9.17) is 9.47 Å². The molecule has 0 saturated carbocycles. The summed E-state index contributed by atoms with van der Waals surface area (Å²) in [5.74, 6) is -3.11. The third-order valence-electron chi connectivity index (χ3n) is 5.22. The number of benzene rings is 2. The lowest BCUT2D eigenvalue weighted by Crippen LogP contribution is -2.45. The van der Waals surface area contributed by atoms with Gasteiger partial charge in [0, 0.05) is 36.8 Å². The number of carbonyl (C=O) groups excluding carboxylic acids is 1. The summed E-state index contributed by atoms with van der Waals surface area (Å²) in [6.07, 6.45) is 1.08. The Bertz CT molecular complexity index is 834. The van der Waals surface area contributed by atoms with Crippen LogP contribution in [-0.4, -0.2) is 32.8 Å². The van der Waals surface area contributed by atoms with Gasteiger partial charge in [0.25, 0.3) is 0 Å². The molecule has 1 amide bonds. The van der Waals surface area contributed by atoms with E-state index in [9.17, 15) is 18.0 Å². The number of halogens is 3. The first-order valence-electron chi connectivity index (χ1n) is 9.06. The molecule has 28 heavy (non-hydrogen) atoms. The molecule has 1 N–H and O–H groups in total. The van der Waals surface area contributed by atoms with E-state index in [0.717, 1.165) is 30.2 Å². The third kappa shape index (κ3) is 4.47. The van der Waals surface area contributed by atoms with Gasteiger partial charge in [0.2, 0.25) is 5.91 Å². The van der Waals surface area contributed by atoms with E-state index < -0.39 is 23.4 Å². The first-order chi connectivity index (χ1) is 13.4. The maximum atomic E-state index is 13.8. The van der Waals surface area contributed by atoms with Gasteiger partial charge in [-0.2, -0.15) is 0 Å². The van der Waals surface area contributed by atoms with Gasteiger partial charge in [-0.15, -0.1) is 0 Å². The Morgan fingerprint density at radius 3 is 2.36 bits per heavy atom. The van der Waals surface area contributed by atoms with Crippen LogP contribution in [0.5, 0.6) is 5.75 Å². The van der Waals surface area contributed by atoms with Gasteiger partial charge >= 0.3 is 0 Å². The van der Waals surface area contributed by atoms with E-state index in [1.165, 1.54) is 0 Å². The molecule has 0 radical (unpaired) electrons. The van der Waals surface area contributed by atoms with E-state index in [2.05, 4.69) is 5.32 Å². The van der Waals surface area contributed by atoms with Crippen molar-refractivity contribution < 1.29 is 27.4 Å². The molecule has 150 valence electrons. The molecule has 0 atom stereocenters. The van der Waals surface area contributed by atoms with Crippen molar-refractivity contribution in [2.24, 2.45) is 0 Å². The molecule has 0 aromatic heterocycles. The van der Waals surface area contributed by atoms with Gasteiger partial charge < -0.3 is 14.8 Å². The predicted octanol–water partition coefficient (Wildman–Crippen LogP) is 3.52. The second-order valence-corrected chi connectivity index (χ2v) is 6.93. The summed E-state index contributed by atoms with van der Waals surface area (Å²) in [5.41, 5.74) is 0.560. The number of hydrogen-bond donors (Lipinski definition) is 1. The van der Waals surface area contributed by atoms with Crippen LogP contribution in [0.25, 0.3) is 0 Å². The maximum Gasteiger partial charge on any atom is 0.224 e. The van der Waals surface area contributed by atoms with Gasteiger partial charge in [0.15, 0.2) is 11.6 Å². The first kappa shape index (κ1) is 20.2. The molecule has 0 aliphatic carbocycles. The summed E-state index contributed by atoms with van der Waals surface area (Å²) < 4.78 is 50.8. The van der Waals surface area contributed by atoms with Crippen LogP contribution in [0.2, 0.25) is 0 Å². The van der Waals surface area contributed by atoms with E-state index in [0.29, 0.717) is 25.8 Å². The fourth-order valence-electron chi connectivity index (χ4n) is 3.48. The Kier molecular flexibility index (Phi) is 6.24. The Hall–Kier alpha value is -2.54. The number of rotatable bonds is 6. The number of nitrogens with one attached hydrogen (secondary N) is 1. The number of ether oxygens (including phenoxy) is 2. The van der Waals surface area contributed by atoms with Gasteiger partial charge in [0.1, 0.15) is 11.6 Å². The fourth-order valence-corrected chi connectivity index (χ4v) is 3.48. The highest BCUT2D eigenvalue weighted by Crippen LogP contribution is 2.35. The summed E-state index contributed by atoms with van der Waals surface area (Å²) >= 11 is 0. The molecule has 0 bridgehead atoms. The zero-order valence-electron chi connectivity index (χ0n) is 15.6. The fraction of sp³-hybridized carbons (Fsp3) is 0.381. The average molecular weight is 393 g/mol. The van der Waals surface area contributed by atoms with Crippen molar-refractivity contribution in [3.05, 3.63) is 65.0 Å². The summed E-state index contributed by atoms with van der Waals surface area (Å²) in [5, 5.41) is 2.82.